The molecule has 4 heterocycles. The molecule has 2 aromatic carbocycles. The van der Waals surface area contributed by atoms with Crippen LogP contribution in [-0.4, -0.2) is 100 Å². The number of piperidine rings is 1. The highest BCUT2D eigenvalue weighted by Gasteiger charge is 2.48. The van der Waals surface area contributed by atoms with Gasteiger partial charge in [0.25, 0.3) is 5.91 Å². The molecule has 4 aromatic rings. The fourth-order valence-corrected chi connectivity index (χ4v) is 8.70. The van der Waals surface area contributed by atoms with Crippen LogP contribution in [0.5, 0.6) is 5.75 Å². The van der Waals surface area contributed by atoms with Gasteiger partial charge in [-0.15, -0.1) is 11.3 Å². The van der Waals surface area contributed by atoms with Crippen LogP contribution in [-0.2, 0) is 32.0 Å². The summed E-state index contributed by atoms with van der Waals surface area (Å²) in [5.41, 5.74) is 0.908. The molecule has 0 unspecified atom stereocenters. The quantitative estimate of drug-likeness (QED) is 0.0789. The number of benzene rings is 2. The molecule has 0 bridgehead atoms. The Balaban J connectivity index is 1.07. The van der Waals surface area contributed by atoms with Gasteiger partial charge < -0.3 is 29.4 Å². The van der Waals surface area contributed by atoms with Crippen LogP contribution in [0.3, 0.4) is 0 Å². The number of carbonyl (C=O) groups is 3. The first-order valence-corrected chi connectivity index (χ1v) is 19.5. The fraction of sp³-hybridized carbons (Fsp3) is 0.486. The van der Waals surface area contributed by atoms with Crippen LogP contribution in [0.1, 0.15) is 65.0 Å². The minimum atomic E-state index is -5.36. The van der Waals surface area contributed by atoms with Gasteiger partial charge in [0.2, 0.25) is 0 Å². The van der Waals surface area contributed by atoms with E-state index < -0.39 is 52.2 Å². The lowest BCUT2D eigenvalue weighted by Gasteiger charge is -2.53. The zero-order valence-electron chi connectivity index (χ0n) is 31.0. The Kier molecular flexibility index (Phi) is 12.2. The minimum absolute atomic E-state index is 0.0937. The number of H-pyrrole nitrogens is 1. The number of amides is 1. The molecule has 12 nitrogen and oxygen atoms in total. The number of carbonyl (C=O) groups excluding carboxylic acids is 3. The second-order valence-electron chi connectivity index (χ2n) is 14.7. The number of nitrogens with zero attached hydrogens (tertiary/aromatic N) is 3. The molecule has 0 aliphatic carbocycles. The summed E-state index contributed by atoms with van der Waals surface area (Å²) in [4.78, 5) is 58.9. The molecule has 1 spiro atoms. The van der Waals surface area contributed by atoms with Gasteiger partial charge >= 0.3 is 29.2 Å². The van der Waals surface area contributed by atoms with Gasteiger partial charge in [0.05, 0.1) is 27.5 Å². The third-order valence-corrected chi connectivity index (χ3v) is 11.3. The SMILES string of the molecule is Cc1nc(C(=O)N2CC(C)(C)OC3(CCN(Cc4cccc(CCNC[C@H](OC(=O)C(F)(F)F)c5ccc(OC(=O)C(F)(F)F)c6[nH]c(=O)sc56)c4)CC3)C2)cs1. The average Bonchev–Trinajstić information content (AvgIpc) is 3.74. The highest BCUT2D eigenvalue weighted by molar-refractivity contribution is 7.16. The Morgan fingerprint density at radius 1 is 1.02 bits per heavy atom. The number of nitrogens with one attached hydrogen (secondary N) is 2. The Labute approximate surface area is 330 Å². The number of alkyl halides is 6. The van der Waals surface area contributed by atoms with Crippen LogP contribution in [0.25, 0.3) is 10.2 Å². The Hall–Kier alpha value is -4.37. The van der Waals surface area contributed by atoms with E-state index in [1.807, 2.05) is 49.9 Å². The summed E-state index contributed by atoms with van der Waals surface area (Å²) in [6, 6.07) is 9.71. The molecule has 57 heavy (non-hydrogen) atoms. The first-order chi connectivity index (χ1) is 26.7. The topological polar surface area (TPSA) is 143 Å². The molecule has 2 fully saturated rings. The van der Waals surface area contributed by atoms with Crippen LogP contribution in [0.15, 0.2) is 46.6 Å². The number of aromatic amines is 1. The Morgan fingerprint density at radius 3 is 2.39 bits per heavy atom. The smallest absolute Gasteiger partial charge is 0.449 e. The molecule has 2 aromatic heterocycles. The third-order valence-electron chi connectivity index (χ3n) is 9.59. The Morgan fingerprint density at radius 2 is 1.72 bits per heavy atom. The molecule has 0 saturated carbocycles. The van der Waals surface area contributed by atoms with Gasteiger partial charge in [-0.05, 0) is 69.8 Å². The zero-order chi connectivity index (χ0) is 41.3. The van der Waals surface area contributed by atoms with Crippen LogP contribution in [0.4, 0.5) is 26.3 Å². The zero-order valence-corrected chi connectivity index (χ0v) is 32.6. The molecule has 0 radical (unpaired) electrons. The van der Waals surface area contributed by atoms with E-state index in [1.54, 1.807) is 5.38 Å². The molecule has 20 heteroatoms. The van der Waals surface area contributed by atoms with Crippen molar-refractivity contribution in [2.24, 2.45) is 0 Å². The largest absolute Gasteiger partial charge is 0.491 e. The number of aromatic nitrogens is 2. The Bertz CT molecular complexity index is 2180. The number of halogens is 6. The lowest BCUT2D eigenvalue weighted by atomic mass is 9.86. The van der Waals surface area contributed by atoms with Gasteiger partial charge in [0.15, 0.2) is 5.75 Å². The summed E-state index contributed by atoms with van der Waals surface area (Å²) in [6.07, 6.45) is -10.5. The van der Waals surface area contributed by atoms with Crippen molar-refractivity contribution in [1.29, 1.82) is 0 Å². The summed E-state index contributed by atoms with van der Waals surface area (Å²) in [7, 11) is 0. The van der Waals surface area contributed by atoms with Crippen molar-refractivity contribution in [2.45, 2.75) is 76.2 Å². The van der Waals surface area contributed by atoms with Crippen molar-refractivity contribution in [1.82, 2.24) is 25.1 Å². The molecule has 2 aliphatic heterocycles. The standard InChI is InChI=1S/C37H39F6N5O7S2/c1-21-45-25(18-56-21)30(49)48-19-34(2,3)55-35(20-48)10-13-47(14-11-35)17-23-6-4-5-22(15-23)9-12-44-16-27(54-32(51)37(41,42)43)24-7-8-26(53-31(50)36(38,39)40)28-29(24)57-33(52)46-28/h4-8,15,18,27,44H,9-14,16-17,19-20H2,1-3H3,(H,46,52)/t27-/m0/s1. The molecule has 1 amide bonds. The molecular weight excluding hydrogens is 805 g/mol. The van der Waals surface area contributed by atoms with Crippen LogP contribution in [0.2, 0.25) is 0 Å². The molecular formula is C37H39F6N5O7S2. The maximum Gasteiger partial charge on any atom is 0.491 e. The van der Waals surface area contributed by atoms with Crippen molar-refractivity contribution < 1.29 is 54.9 Å². The average molecular weight is 844 g/mol. The van der Waals surface area contributed by atoms with Gasteiger partial charge in [-0.25, -0.2) is 14.6 Å². The number of rotatable bonds is 11. The predicted molar refractivity (Wildman–Crippen MR) is 197 cm³/mol. The van der Waals surface area contributed by atoms with Gasteiger partial charge in [-0.1, -0.05) is 35.6 Å². The van der Waals surface area contributed by atoms with Gasteiger partial charge in [0.1, 0.15) is 17.3 Å². The highest BCUT2D eigenvalue weighted by atomic mass is 32.1. The lowest BCUT2D eigenvalue weighted by molar-refractivity contribution is -0.205. The van der Waals surface area contributed by atoms with Crippen molar-refractivity contribution in [2.75, 3.05) is 39.3 Å². The number of hydrogen-bond donors (Lipinski definition) is 2. The molecule has 2 saturated heterocycles. The van der Waals surface area contributed by atoms with E-state index in [1.165, 1.54) is 11.3 Å². The number of hydrogen-bond acceptors (Lipinski definition) is 12. The van der Waals surface area contributed by atoms with Gasteiger partial charge in [0, 0.05) is 43.7 Å². The summed E-state index contributed by atoms with van der Waals surface area (Å²) in [6.45, 7) is 8.82. The number of likely N-dealkylation sites (tertiary alicyclic amines) is 1. The number of aryl methyl sites for hydroxylation is 1. The summed E-state index contributed by atoms with van der Waals surface area (Å²) < 4.78 is 94.0. The number of esters is 2. The molecule has 2 aliphatic rings. The predicted octanol–water partition coefficient (Wildman–Crippen LogP) is 6.09. The summed E-state index contributed by atoms with van der Waals surface area (Å²) >= 11 is 1.88. The maximum absolute atomic E-state index is 13.3. The maximum atomic E-state index is 13.3. The second kappa shape index (κ2) is 16.5. The van der Waals surface area contributed by atoms with Crippen molar-refractivity contribution in [3.8, 4) is 5.75 Å². The van der Waals surface area contributed by atoms with Crippen LogP contribution in [0, 0.1) is 6.92 Å². The molecule has 2 N–H and O–H groups in total. The third kappa shape index (κ3) is 10.4. The van der Waals surface area contributed by atoms with E-state index in [-0.39, 0.29) is 34.8 Å². The number of thiazole rings is 2. The number of fused-ring (bicyclic) bond motifs is 1. The normalized spacial score (nSPS) is 17.8. The van der Waals surface area contributed by atoms with Crippen molar-refractivity contribution in [3.05, 3.63) is 78.8 Å². The number of ether oxygens (including phenoxy) is 3. The van der Waals surface area contributed by atoms with E-state index in [0.29, 0.717) is 43.1 Å². The molecule has 1 atom stereocenters. The minimum Gasteiger partial charge on any atom is -0.449 e. The van der Waals surface area contributed by atoms with Crippen LogP contribution < -0.4 is 14.9 Å². The van der Waals surface area contributed by atoms with E-state index in [9.17, 15) is 45.5 Å². The van der Waals surface area contributed by atoms with E-state index in [2.05, 4.69) is 24.9 Å². The first-order valence-electron chi connectivity index (χ1n) is 17.9. The number of morpholine rings is 1. The van der Waals surface area contributed by atoms with Gasteiger partial charge in [-0.3, -0.25) is 14.5 Å². The van der Waals surface area contributed by atoms with E-state index in [4.69, 9.17) is 9.47 Å². The summed E-state index contributed by atoms with van der Waals surface area (Å²) in [5, 5.41) is 5.59. The van der Waals surface area contributed by atoms with E-state index >= 15 is 0 Å². The monoisotopic (exact) mass is 843 g/mol. The lowest BCUT2D eigenvalue weighted by Crippen LogP contribution is -2.63. The summed E-state index contributed by atoms with van der Waals surface area (Å²) in [5.74, 6) is -5.85. The second-order valence-corrected chi connectivity index (χ2v) is 16.7. The first kappa shape index (κ1) is 42.2. The van der Waals surface area contributed by atoms with E-state index in [0.717, 1.165) is 54.2 Å². The van der Waals surface area contributed by atoms with Crippen molar-refractivity contribution in [3.63, 3.8) is 0 Å². The van der Waals surface area contributed by atoms with Crippen LogP contribution >= 0.6 is 22.7 Å². The fourth-order valence-electron chi connectivity index (χ4n) is 7.20. The molecule has 308 valence electrons. The van der Waals surface area contributed by atoms with Crippen molar-refractivity contribution >= 4 is 50.7 Å². The highest BCUT2D eigenvalue weighted by Crippen LogP contribution is 2.38. The van der Waals surface area contributed by atoms with Gasteiger partial charge in [-0.2, -0.15) is 26.3 Å². The molecule has 6 rings (SSSR count).